The van der Waals surface area contributed by atoms with Crippen LogP contribution in [0, 0.1) is 0 Å². The molecule has 1 heterocycles. The highest BCUT2D eigenvalue weighted by Crippen LogP contribution is 2.15. The van der Waals surface area contributed by atoms with E-state index in [2.05, 4.69) is 26.3 Å². The number of likely N-dealkylation sites (N-methyl/N-ethyl adjacent to an activating group) is 1. The van der Waals surface area contributed by atoms with E-state index in [0.717, 1.165) is 24.0 Å². The largest absolute Gasteiger partial charge is 0.468 e. The van der Waals surface area contributed by atoms with Crippen LogP contribution in [0.2, 0.25) is 0 Å². The topological polar surface area (TPSA) is 56.2 Å². The number of hydrogen-bond acceptors (Lipinski definition) is 4. The van der Waals surface area contributed by atoms with Crippen LogP contribution in [0.25, 0.3) is 0 Å². The standard InChI is InChI=1S/C12H20BrN3O2/c1-4-14-12(2,11(17)18-3)6-5-7-16-9-10(13)8-15-16/h8-9,14H,4-7H2,1-3H3. The molecule has 18 heavy (non-hydrogen) atoms. The molecule has 0 amide bonds. The summed E-state index contributed by atoms with van der Waals surface area (Å²) in [5.41, 5.74) is -0.617. The zero-order valence-corrected chi connectivity index (χ0v) is 12.7. The van der Waals surface area contributed by atoms with Crippen LogP contribution in [-0.2, 0) is 16.1 Å². The Morgan fingerprint density at radius 3 is 2.89 bits per heavy atom. The van der Waals surface area contributed by atoms with Crippen molar-refractivity contribution in [1.29, 1.82) is 0 Å². The van der Waals surface area contributed by atoms with E-state index in [9.17, 15) is 4.79 Å². The minimum Gasteiger partial charge on any atom is -0.468 e. The molecule has 1 aromatic rings. The molecule has 0 saturated carbocycles. The number of halogens is 1. The van der Waals surface area contributed by atoms with E-state index in [4.69, 9.17) is 4.74 Å². The van der Waals surface area contributed by atoms with Gasteiger partial charge in [-0.2, -0.15) is 5.10 Å². The van der Waals surface area contributed by atoms with Crippen LogP contribution in [0.15, 0.2) is 16.9 Å². The maximum absolute atomic E-state index is 11.8. The van der Waals surface area contributed by atoms with E-state index < -0.39 is 5.54 Å². The van der Waals surface area contributed by atoms with Gasteiger partial charge in [0.15, 0.2) is 0 Å². The van der Waals surface area contributed by atoms with Crippen molar-refractivity contribution >= 4 is 21.9 Å². The van der Waals surface area contributed by atoms with Gasteiger partial charge in [0, 0.05) is 12.7 Å². The molecule has 0 spiro atoms. The summed E-state index contributed by atoms with van der Waals surface area (Å²) in [5.74, 6) is -0.217. The van der Waals surface area contributed by atoms with Gasteiger partial charge in [0.2, 0.25) is 0 Å². The molecule has 1 atom stereocenters. The third-order valence-electron chi connectivity index (χ3n) is 2.87. The zero-order valence-electron chi connectivity index (χ0n) is 11.1. The van der Waals surface area contributed by atoms with E-state index in [-0.39, 0.29) is 5.97 Å². The number of carbonyl (C=O) groups excluding carboxylic acids is 1. The molecule has 102 valence electrons. The van der Waals surface area contributed by atoms with Crippen LogP contribution in [-0.4, -0.2) is 34.9 Å². The van der Waals surface area contributed by atoms with Crippen LogP contribution in [0.4, 0.5) is 0 Å². The Labute approximate surface area is 116 Å². The average Bonchev–Trinajstić information content (AvgIpc) is 2.74. The molecule has 1 rings (SSSR count). The molecular weight excluding hydrogens is 298 g/mol. The summed E-state index contributed by atoms with van der Waals surface area (Å²) in [6.45, 7) is 5.37. The number of esters is 1. The lowest BCUT2D eigenvalue weighted by molar-refractivity contribution is -0.148. The molecule has 0 fully saturated rings. The Hall–Kier alpha value is -0.880. The number of methoxy groups -OCH3 is 1. The number of nitrogens with zero attached hydrogens (tertiary/aromatic N) is 2. The smallest absolute Gasteiger partial charge is 0.325 e. The molecule has 0 saturated heterocycles. The fourth-order valence-electron chi connectivity index (χ4n) is 1.93. The van der Waals surface area contributed by atoms with Crippen molar-refractivity contribution in [2.45, 2.75) is 38.8 Å². The van der Waals surface area contributed by atoms with Crippen molar-refractivity contribution in [2.75, 3.05) is 13.7 Å². The number of rotatable bonds is 7. The van der Waals surface area contributed by atoms with Gasteiger partial charge in [-0.05, 0) is 42.2 Å². The van der Waals surface area contributed by atoms with Crippen LogP contribution in [0.1, 0.15) is 26.7 Å². The molecule has 0 aliphatic rings. The third-order valence-corrected chi connectivity index (χ3v) is 3.28. The van der Waals surface area contributed by atoms with E-state index in [1.165, 1.54) is 7.11 Å². The minimum atomic E-state index is -0.617. The first-order chi connectivity index (χ1) is 8.51. The quantitative estimate of drug-likeness (QED) is 0.781. The number of nitrogens with one attached hydrogen (secondary N) is 1. The predicted molar refractivity (Wildman–Crippen MR) is 73.3 cm³/mol. The predicted octanol–water partition coefficient (Wildman–Crippen LogP) is 1.97. The number of carbonyl (C=O) groups is 1. The number of aromatic nitrogens is 2. The first kappa shape index (κ1) is 15.2. The average molecular weight is 318 g/mol. The van der Waals surface area contributed by atoms with Crippen molar-refractivity contribution in [3.05, 3.63) is 16.9 Å². The Kier molecular flexibility index (Phi) is 5.81. The molecule has 1 unspecified atom stereocenters. The summed E-state index contributed by atoms with van der Waals surface area (Å²) < 4.78 is 7.66. The lowest BCUT2D eigenvalue weighted by Crippen LogP contribution is -2.50. The Morgan fingerprint density at radius 1 is 1.67 bits per heavy atom. The second kappa shape index (κ2) is 6.89. The molecular formula is C12H20BrN3O2. The van der Waals surface area contributed by atoms with Gasteiger partial charge in [-0.1, -0.05) is 6.92 Å². The zero-order chi connectivity index (χ0) is 13.6. The first-order valence-corrected chi connectivity index (χ1v) is 6.82. The van der Waals surface area contributed by atoms with E-state index >= 15 is 0 Å². The number of hydrogen-bond donors (Lipinski definition) is 1. The van der Waals surface area contributed by atoms with Crippen molar-refractivity contribution in [1.82, 2.24) is 15.1 Å². The SMILES string of the molecule is CCNC(C)(CCCn1cc(Br)cn1)C(=O)OC. The highest BCUT2D eigenvalue weighted by atomic mass is 79.9. The van der Waals surface area contributed by atoms with Gasteiger partial charge >= 0.3 is 5.97 Å². The second-order valence-corrected chi connectivity index (χ2v) is 5.29. The van der Waals surface area contributed by atoms with Gasteiger partial charge in [0.25, 0.3) is 0 Å². The van der Waals surface area contributed by atoms with E-state index in [0.29, 0.717) is 6.42 Å². The fourth-order valence-corrected chi connectivity index (χ4v) is 2.26. The van der Waals surface area contributed by atoms with Crippen molar-refractivity contribution in [3.63, 3.8) is 0 Å². The molecule has 5 nitrogen and oxygen atoms in total. The summed E-state index contributed by atoms with van der Waals surface area (Å²) >= 11 is 3.35. The van der Waals surface area contributed by atoms with Gasteiger partial charge in [0.1, 0.15) is 5.54 Å². The van der Waals surface area contributed by atoms with E-state index in [1.807, 2.05) is 24.7 Å². The van der Waals surface area contributed by atoms with E-state index in [1.54, 1.807) is 6.20 Å². The molecule has 1 N–H and O–H groups in total. The van der Waals surface area contributed by atoms with Gasteiger partial charge < -0.3 is 10.1 Å². The molecule has 0 aliphatic carbocycles. The van der Waals surface area contributed by atoms with Crippen molar-refractivity contribution in [2.24, 2.45) is 0 Å². The maximum Gasteiger partial charge on any atom is 0.325 e. The van der Waals surface area contributed by atoms with Gasteiger partial charge in [-0.25, -0.2) is 0 Å². The lowest BCUT2D eigenvalue weighted by atomic mass is 9.96. The van der Waals surface area contributed by atoms with Crippen LogP contribution < -0.4 is 5.32 Å². The fraction of sp³-hybridized carbons (Fsp3) is 0.667. The normalized spacial score (nSPS) is 14.2. The monoisotopic (exact) mass is 317 g/mol. The number of ether oxygens (including phenoxy) is 1. The summed E-state index contributed by atoms with van der Waals surface area (Å²) in [6.07, 6.45) is 5.24. The van der Waals surface area contributed by atoms with Crippen LogP contribution in [0.5, 0.6) is 0 Å². The van der Waals surface area contributed by atoms with Gasteiger partial charge in [-0.3, -0.25) is 9.48 Å². The van der Waals surface area contributed by atoms with Crippen LogP contribution in [0.3, 0.4) is 0 Å². The highest BCUT2D eigenvalue weighted by Gasteiger charge is 2.32. The summed E-state index contributed by atoms with van der Waals surface area (Å²) in [5, 5.41) is 7.37. The lowest BCUT2D eigenvalue weighted by Gasteiger charge is -2.27. The molecule has 0 aromatic carbocycles. The first-order valence-electron chi connectivity index (χ1n) is 6.03. The summed E-state index contributed by atoms with van der Waals surface area (Å²) in [4.78, 5) is 11.8. The molecule has 0 bridgehead atoms. The molecule has 0 radical (unpaired) electrons. The second-order valence-electron chi connectivity index (χ2n) is 4.38. The minimum absolute atomic E-state index is 0.217. The summed E-state index contributed by atoms with van der Waals surface area (Å²) in [6, 6.07) is 0. The molecule has 6 heteroatoms. The Balaban J connectivity index is 2.49. The summed E-state index contributed by atoms with van der Waals surface area (Å²) in [7, 11) is 1.42. The Morgan fingerprint density at radius 2 is 2.39 bits per heavy atom. The van der Waals surface area contributed by atoms with Crippen molar-refractivity contribution < 1.29 is 9.53 Å². The van der Waals surface area contributed by atoms with Gasteiger partial charge in [0.05, 0.1) is 17.8 Å². The maximum atomic E-state index is 11.8. The third kappa shape index (κ3) is 4.10. The number of aryl methyl sites for hydroxylation is 1. The molecule has 1 aromatic heterocycles. The Bertz CT molecular complexity index is 394. The van der Waals surface area contributed by atoms with Crippen molar-refractivity contribution in [3.8, 4) is 0 Å². The highest BCUT2D eigenvalue weighted by molar-refractivity contribution is 9.10. The van der Waals surface area contributed by atoms with Gasteiger partial charge in [-0.15, -0.1) is 0 Å². The van der Waals surface area contributed by atoms with Crippen LogP contribution >= 0.6 is 15.9 Å². The molecule has 0 aliphatic heterocycles.